The summed E-state index contributed by atoms with van der Waals surface area (Å²) in [6.45, 7) is 9.60. The highest BCUT2D eigenvalue weighted by atomic mass is 16.7. The largest absolute Gasteiger partial charge is 0.454 e. The number of nitrogens with zero attached hydrogens (tertiary/aromatic N) is 3. The van der Waals surface area contributed by atoms with Crippen molar-refractivity contribution in [3.8, 4) is 11.5 Å². The molecule has 2 fully saturated rings. The Kier molecular flexibility index (Phi) is 5.94. The van der Waals surface area contributed by atoms with Gasteiger partial charge in [-0.1, -0.05) is 6.07 Å². The average molecular weight is 361 g/mol. The average Bonchev–Trinajstić information content (AvgIpc) is 3.15. The van der Waals surface area contributed by atoms with Gasteiger partial charge in [0.2, 0.25) is 6.79 Å². The van der Waals surface area contributed by atoms with Crippen molar-refractivity contribution in [3.63, 3.8) is 0 Å². The fraction of sp³-hybridized carbons (Fsp3) is 0.700. The number of benzene rings is 1. The van der Waals surface area contributed by atoms with Gasteiger partial charge in [-0.2, -0.15) is 0 Å². The lowest BCUT2D eigenvalue weighted by molar-refractivity contribution is 0.0482. The van der Waals surface area contributed by atoms with Crippen LogP contribution in [0.2, 0.25) is 0 Å². The molecule has 3 aliphatic rings. The first-order chi connectivity index (χ1) is 12.8. The Morgan fingerprint density at radius 1 is 1.00 bits per heavy atom. The van der Waals surface area contributed by atoms with Crippen LogP contribution >= 0.6 is 0 Å². The third kappa shape index (κ3) is 4.31. The zero-order valence-corrected chi connectivity index (χ0v) is 15.6. The van der Waals surface area contributed by atoms with Gasteiger partial charge >= 0.3 is 0 Å². The van der Waals surface area contributed by atoms with Crippen molar-refractivity contribution in [1.82, 2.24) is 14.7 Å². The predicted molar refractivity (Wildman–Crippen MR) is 101 cm³/mol. The van der Waals surface area contributed by atoms with E-state index in [1.807, 2.05) is 6.07 Å². The maximum atomic E-state index is 9.06. The van der Waals surface area contributed by atoms with Gasteiger partial charge in [-0.3, -0.25) is 9.80 Å². The maximum absolute atomic E-state index is 9.06. The number of aliphatic hydroxyl groups excluding tert-OH is 1. The van der Waals surface area contributed by atoms with E-state index >= 15 is 0 Å². The summed E-state index contributed by atoms with van der Waals surface area (Å²) >= 11 is 0. The number of piperidine rings is 1. The van der Waals surface area contributed by atoms with Crippen molar-refractivity contribution in [1.29, 1.82) is 0 Å². The van der Waals surface area contributed by atoms with Gasteiger partial charge in [-0.15, -0.1) is 0 Å². The van der Waals surface area contributed by atoms with Gasteiger partial charge in [0.15, 0.2) is 11.5 Å². The molecule has 1 unspecified atom stereocenters. The van der Waals surface area contributed by atoms with Crippen LogP contribution in [0.3, 0.4) is 0 Å². The SMILES string of the molecule is OCCCN1CCCC(N2CCN(Cc3ccc4c(c3)OCO4)CC2)C1. The molecule has 6 nitrogen and oxygen atoms in total. The van der Waals surface area contributed by atoms with Crippen LogP contribution in [-0.2, 0) is 6.54 Å². The monoisotopic (exact) mass is 361 g/mol. The Labute approximate surface area is 156 Å². The number of aliphatic hydroxyl groups is 1. The van der Waals surface area contributed by atoms with Crippen molar-refractivity contribution < 1.29 is 14.6 Å². The summed E-state index contributed by atoms with van der Waals surface area (Å²) in [6, 6.07) is 6.99. The minimum absolute atomic E-state index is 0.305. The lowest BCUT2D eigenvalue weighted by atomic mass is 10.0. The summed E-state index contributed by atoms with van der Waals surface area (Å²) in [6.07, 6.45) is 3.50. The van der Waals surface area contributed by atoms with Gasteiger partial charge in [0.25, 0.3) is 0 Å². The van der Waals surface area contributed by atoms with Crippen molar-refractivity contribution in [2.24, 2.45) is 0 Å². The second-order valence-corrected chi connectivity index (χ2v) is 7.67. The van der Waals surface area contributed by atoms with Gasteiger partial charge in [0, 0.05) is 58.5 Å². The molecule has 1 N–H and O–H groups in total. The van der Waals surface area contributed by atoms with E-state index in [-0.39, 0.29) is 0 Å². The third-order valence-corrected chi connectivity index (χ3v) is 5.88. The van der Waals surface area contributed by atoms with Gasteiger partial charge in [-0.05, 0) is 43.5 Å². The summed E-state index contributed by atoms with van der Waals surface area (Å²) in [5.74, 6) is 1.74. The molecule has 0 radical (unpaired) electrons. The van der Waals surface area contributed by atoms with E-state index < -0.39 is 0 Å². The Balaban J connectivity index is 1.25. The highest BCUT2D eigenvalue weighted by Crippen LogP contribution is 2.33. The lowest BCUT2D eigenvalue weighted by Crippen LogP contribution is -2.54. The van der Waals surface area contributed by atoms with Gasteiger partial charge in [-0.25, -0.2) is 0 Å². The molecule has 0 bridgehead atoms. The molecule has 144 valence electrons. The van der Waals surface area contributed by atoms with Crippen LogP contribution in [0.1, 0.15) is 24.8 Å². The molecule has 3 heterocycles. The number of fused-ring (bicyclic) bond motifs is 1. The smallest absolute Gasteiger partial charge is 0.231 e. The molecule has 0 amide bonds. The van der Waals surface area contributed by atoms with E-state index in [1.165, 1.54) is 31.5 Å². The molecule has 2 saturated heterocycles. The Hall–Kier alpha value is -1.34. The van der Waals surface area contributed by atoms with Crippen LogP contribution in [-0.4, -0.2) is 85.1 Å². The first kappa shape index (κ1) is 18.0. The highest BCUT2D eigenvalue weighted by molar-refractivity contribution is 5.44. The van der Waals surface area contributed by atoms with Gasteiger partial charge < -0.3 is 19.5 Å². The normalized spacial score (nSPS) is 24.9. The number of hydrogen-bond acceptors (Lipinski definition) is 6. The molecule has 26 heavy (non-hydrogen) atoms. The first-order valence-electron chi connectivity index (χ1n) is 10.00. The van der Waals surface area contributed by atoms with Crippen LogP contribution in [0.25, 0.3) is 0 Å². The zero-order chi connectivity index (χ0) is 17.8. The molecule has 1 atom stereocenters. The summed E-state index contributed by atoms with van der Waals surface area (Å²) < 4.78 is 10.9. The lowest BCUT2D eigenvalue weighted by Gasteiger charge is -2.43. The van der Waals surface area contributed by atoms with E-state index in [0.29, 0.717) is 19.4 Å². The standard InChI is InChI=1S/C20H31N3O3/c24-12-2-7-21-6-1-3-18(15-21)23-10-8-22(9-11-23)14-17-4-5-19-20(13-17)26-16-25-19/h4-5,13,18,24H,1-3,6-12,14-16H2. The molecule has 3 aliphatic heterocycles. The molecule has 0 aliphatic carbocycles. The number of hydrogen-bond donors (Lipinski definition) is 1. The number of rotatable bonds is 6. The minimum atomic E-state index is 0.305. The number of piperazine rings is 1. The van der Waals surface area contributed by atoms with Crippen molar-refractivity contribution in [2.75, 3.05) is 59.2 Å². The van der Waals surface area contributed by atoms with E-state index in [0.717, 1.165) is 57.2 Å². The van der Waals surface area contributed by atoms with Crippen LogP contribution in [0.5, 0.6) is 11.5 Å². The van der Waals surface area contributed by atoms with E-state index in [2.05, 4.69) is 26.8 Å². The summed E-state index contributed by atoms with van der Waals surface area (Å²) in [4.78, 5) is 7.75. The van der Waals surface area contributed by atoms with Crippen molar-refractivity contribution >= 4 is 0 Å². The molecule has 1 aromatic carbocycles. The van der Waals surface area contributed by atoms with E-state index in [9.17, 15) is 0 Å². The summed E-state index contributed by atoms with van der Waals surface area (Å²) in [5.41, 5.74) is 1.30. The molecule has 1 aromatic rings. The van der Waals surface area contributed by atoms with Crippen LogP contribution in [0.4, 0.5) is 0 Å². The zero-order valence-electron chi connectivity index (χ0n) is 15.6. The fourth-order valence-corrected chi connectivity index (χ4v) is 4.41. The fourth-order valence-electron chi connectivity index (χ4n) is 4.41. The molecule has 0 saturated carbocycles. The molecule has 0 spiro atoms. The van der Waals surface area contributed by atoms with Gasteiger partial charge in [0.05, 0.1) is 0 Å². The highest BCUT2D eigenvalue weighted by Gasteiger charge is 2.28. The molecular weight excluding hydrogens is 330 g/mol. The molecule has 6 heteroatoms. The number of ether oxygens (including phenoxy) is 2. The van der Waals surface area contributed by atoms with Crippen LogP contribution < -0.4 is 9.47 Å². The third-order valence-electron chi connectivity index (χ3n) is 5.88. The van der Waals surface area contributed by atoms with Crippen molar-refractivity contribution in [2.45, 2.75) is 31.8 Å². The molecule has 0 aromatic heterocycles. The predicted octanol–water partition coefficient (Wildman–Crippen LogP) is 1.38. The maximum Gasteiger partial charge on any atom is 0.231 e. The Morgan fingerprint density at radius 3 is 2.69 bits per heavy atom. The topological polar surface area (TPSA) is 48.4 Å². The van der Waals surface area contributed by atoms with Gasteiger partial charge in [0.1, 0.15) is 0 Å². The minimum Gasteiger partial charge on any atom is -0.454 e. The Morgan fingerprint density at radius 2 is 1.85 bits per heavy atom. The Bertz CT molecular complexity index is 590. The van der Waals surface area contributed by atoms with Crippen molar-refractivity contribution in [3.05, 3.63) is 23.8 Å². The van der Waals surface area contributed by atoms with Crippen LogP contribution in [0, 0.1) is 0 Å². The molecule has 4 rings (SSSR count). The quantitative estimate of drug-likeness (QED) is 0.826. The molecular formula is C20H31N3O3. The second kappa shape index (κ2) is 8.57. The number of likely N-dealkylation sites (tertiary alicyclic amines) is 1. The van der Waals surface area contributed by atoms with E-state index in [4.69, 9.17) is 14.6 Å². The second-order valence-electron chi connectivity index (χ2n) is 7.67. The van der Waals surface area contributed by atoms with E-state index in [1.54, 1.807) is 0 Å². The van der Waals surface area contributed by atoms with Crippen LogP contribution in [0.15, 0.2) is 18.2 Å². The summed E-state index contributed by atoms with van der Waals surface area (Å²) in [5, 5.41) is 9.06. The first-order valence-corrected chi connectivity index (χ1v) is 10.00. The summed E-state index contributed by atoms with van der Waals surface area (Å²) in [7, 11) is 0.